The smallest absolute Gasteiger partial charge is 0.128 e. The highest BCUT2D eigenvalue weighted by Gasteiger charge is 2.30. The topological polar surface area (TPSA) is 65.2 Å². The molecule has 0 aromatic heterocycles. The maximum atomic E-state index is 11.5. The summed E-state index contributed by atoms with van der Waals surface area (Å²) in [6.45, 7) is 26.3. The minimum Gasteiger partial charge on any atom is -0.507 e. The first-order valence-electron chi connectivity index (χ1n) is 16.4. The fraction of sp³-hybridized carbons (Fsp3) is 0.500. The molecule has 3 aromatic rings. The lowest BCUT2D eigenvalue weighted by Gasteiger charge is -2.31. The SMILES string of the molecule is CCC(C)(CC)c1cc(C(C)(C)C)cc(C=Nc2ccccc2N=Cc2cc(C(C)(C)C)cc(C(C)(CC)CC)c2O)c1O. The number of nitrogens with zero attached hydrogens (tertiary/aromatic N) is 2. The molecule has 0 radical (unpaired) electrons. The first kappa shape index (κ1) is 35.1. The Bertz CT molecular complexity index is 1390. The normalized spacial score (nSPS) is 13.4. The molecular weight excluding hydrogens is 540 g/mol. The van der Waals surface area contributed by atoms with Gasteiger partial charge in [0.25, 0.3) is 0 Å². The summed E-state index contributed by atoms with van der Waals surface area (Å²) in [5.41, 5.74) is 6.65. The summed E-state index contributed by atoms with van der Waals surface area (Å²) in [7, 11) is 0. The Morgan fingerprint density at radius 3 is 1.14 bits per heavy atom. The summed E-state index contributed by atoms with van der Waals surface area (Å²) < 4.78 is 0. The third-order valence-electron chi connectivity index (χ3n) is 10.00. The maximum Gasteiger partial charge on any atom is 0.128 e. The van der Waals surface area contributed by atoms with Gasteiger partial charge in [0.15, 0.2) is 0 Å². The van der Waals surface area contributed by atoms with Gasteiger partial charge in [-0.3, -0.25) is 9.98 Å². The van der Waals surface area contributed by atoms with Crippen LogP contribution < -0.4 is 0 Å². The van der Waals surface area contributed by atoms with Crippen LogP contribution in [0.25, 0.3) is 0 Å². The van der Waals surface area contributed by atoms with Crippen molar-refractivity contribution in [3.05, 3.63) is 81.9 Å². The van der Waals surface area contributed by atoms with E-state index in [2.05, 4.69) is 107 Å². The van der Waals surface area contributed by atoms with E-state index in [0.29, 0.717) is 34.0 Å². The fourth-order valence-corrected chi connectivity index (χ4v) is 5.52. The van der Waals surface area contributed by atoms with E-state index in [-0.39, 0.29) is 21.7 Å². The molecule has 3 aromatic carbocycles. The first-order chi connectivity index (χ1) is 20.4. The zero-order valence-electron chi connectivity index (χ0n) is 29.4. The number of phenolic OH excluding ortho intramolecular Hbond substituents is 2. The molecule has 0 spiro atoms. The summed E-state index contributed by atoms with van der Waals surface area (Å²) in [5.74, 6) is 0.584. The second-order valence-electron chi connectivity index (χ2n) is 15.0. The second kappa shape index (κ2) is 13.3. The van der Waals surface area contributed by atoms with E-state index in [1.165, 1.54) is 11.1 Å². The van der Waals surface area contributed by atoms with E-state index in [1.807, 2.05) is 24.3 Å². The lowest BCUT2D eigenvalue weighted by atomic mass is 9.74. The van der Waals surface area contributed by atoms with Crippen LogP contribution in [0.2, 0.25) is 0 Å². The monoisotopic (exact) mass is 596 g/mol. The Kier molecular flexibility index (Phi) is 10.6. The maximum absolute atomic E-state index is 11.5. The predicted molar refractivity (Wildman–Crippen MR) is 190 cm³/mol. The van der Waals surface area contributed by atoms with Crippen LogP contribution in [0.5, 0.6) is 11.5 Å². The van der Waals surface area contributed by atoms with Gasteiger partial charge in [0.05, 0.1) is 11.4 Å². The highest BCUT2D eigenvalue weighted by molar-refractivity contribution is 5.90. The molecule has 238 valence electrons. The van der Waals surface area contributed by atoms with Gasteiger partial charge in [0.1, 0.15) is 11.5 Å². The number of hydrogen-bond donors (Lipinski definition) is 2. The molecule has 2 N–H and O–H groups in total. The van der Waals surface area contributed by atoms with E-state index in [1.54, 1.807) is 12.4 Å². The minimum atomic E-state index is -0.135. The summed E-state index contributed by atoms with van der Waals surface area (Å²) in [5, 5.41) is 23.0. The number of aliphatic imine (C=N–C) groups is 2. The quantitative estimate of drug-likeness (QED) is 0.229. The van der Waals surface area contributed by atoms with Gasteiger partial charge in [-0.15, -0.1) is 0 Å². The van der Waals surface area contributed by atoms with Crippen LogP contribution in [0.4, 0.5) is 11.4 Å². The number of benzene rings is 3. The van der Waals surface area contributed by atoms with Crippen LogP contribution in [0.3, 0.4) is 0 Å². The van der Waals surface area contributed by atoms with Crippen molar-refractivity contribution in [3.8, 4) is 11.5 Å². The molecular formula is C40H56N2O2. The molecule has 0 aliphatic carbocycles. The largest absolute Gasteiger partial charge is 0.507 e. The minimum absolute atomic E-state index is 0.0797. The van der Waals surface area contributed by atoms with Gasteiger partial charge in [-0.05, 0) is 82.7 Å². The zero-order valence-corrected chi connectivity index (χ0v) is 29.4. The Morgan fingerprint density at radius 2 is 0.864 bits per heavy atom. The van der Waals surface area contributed by atoms with Crippen LogP contribution in [0.15, 0.2) is 58.5 Å². The number of rotatable bonds is 10. The third kappa shape index (κ3) is 7.45. The van der Waals surface area contributed by atoms with Crippen molar-refractivity contribution < 1.29 is 10.2 Å². The molecule has 0 bridgehead atoms. The molecule has 3 rings (SSSR count). The van der Waals surface area contributed by atoms with Gasteiger partial charge in [0, 0.05) is 34.7 Å². The molecule has 44 heavy (non-hydrogen) atoms. The van der Waals surface area contributed by atoms with Crippen LogP contribution in [0.1, 0.15) is 142 Å². The molecule has 4 heteroatoms. The van der Waals surface area contributed by atoms with Crippen molar-refractivity contribution >= 4 is 23.8 Å². The Morgan fingerprint density at radius 1 is 0.545 bits per heavy atom. The highest BCUT2D eigenvalue weighted by atomic mass is 16.3. The van der Waals surface area contributed by atoms with Gasteiger partial charge in [0.2, 0.25) is 0 Å². The molecule has 0 saturated heterocycles. The number of aromatic hydroxyl groups is 2. The molecule has 0 aliphatic heterocycles. The predicted octanol–water partition coefficient (Wildman–Crippen LogP) is 11.3. The molecule has 0 amide bonds. The number of phenols is 2. The van der Waals surface area contributed by atoms with E-state index in [4.69, 9.17) is 9.98 Å². The van der Waals surface area contributed by atoms with Crippen molar-refractivity contribution in [2.75, 3.05) is 0 Å². The summed E-state index contributed by atoms with van der Waals surface area (Å²) in [6, 6.07) is 16.2. The van der Waals surface area contributed by atoms with Crippen molar-refractivity contribution in [1.82, 2.24) is 0 Å². The van der Waals surface area contributed by atoms with E-state index in [0.717, 1.165) is 36.8 Å². The lowest BCUT2D eigenvalue weighted by Crippen LogP contribution is -2.22. The summed E-state index contributed by atoms with van der Waals surface area (Å²) in [4.78, 5) is 9.70. The zero-order chi connectivity index (χ0) is 33.1. The van der Waals surface area contributed by atoms with Crippen molar-refractivity contribution in [3.63, 3.8) is 0 Å². The van der Waals surface area contributed by atoms with Gasteiger partial charge >= 0.3 is 0 Å². The Labute approximate surface area is 267 Å². The third-order valence-corrected chi connectivity index (χ3v) is 10.00. The van der Waals surface area contributed by atoms with Gasteiger partial charge in [-0.2, -0.15) is 0 Å². The van der Waals surface area contributed by atoms with E-state index in [9.17, 15) is 10.2 Å². The molecule has 0 heterocycles. The summed E-state index contributed by atoms with van der Waals surface area (Å²) >= 11 is 0. The van der Waals surface area contributed by atoms with Crippen LogP contribution >= 0.6 is 0 Å². The van der Waals surface area contributed by atoms with Crippen LogP contribution in [0, 0.1) is 0 Å². The molecule has 0 atom stereocenters. The van der Waals surface area contributed by atoms with E-state index >= 15 is 0 Å². The second-order valence-corrected chi connectivity index (χ2v) is 15.0. The van der Waals surface area contributed by atoms with Gasteiger partial charge in [-0.1, -0.05) is 107 Å². The van der Waals surface area contributed by atoms with Crippen molar-refractivity contribution in [2.24, 2.45) is 9.98 Å². The van der Waals surface area contributed by atoms with Gasteiger partial charge < -0.3 is 10.2 Å². The van der Waals surface area contributed by atoms with Crippen molar-refractivity contribution in [1.29, 1.82) is 0 Å². The van der Waals surface area contributed by atoms with Gasteiger partial charge in [-0.25, -0.2) is 0 Å². The molecule has 0 fully saturated rings. The lowest BCUT2D eigenvalue weighted by molar-refractivity contribution is 0.395. The Hall–Kier alpha value is -3.40. The number of hydrogen-bond acceptors (Lipinski definition) is 4. The van der Waals surface area contributed by atoms with Crippen molar-refractivity contribution in [2.45, 2.75) is 130 Å². The number of para-hydroxylation sites is 2. The molecule has 0 saturated carbocycles. The fourth-order valence-electron chi connectivity index (χ4n) is 5.52. The highest BCUT2D eigenvalue weighted by Crippen LogP contribution is 2.43. The molecule has 4 nitrogen and oxygen atoms in total. The standard InChI is InChI=1S/C40H56N2O2/c1-13-39(11,14-2)31-23-29(37(5,6)7)21-27(35(31)43)25-41-33-19-17-18-20-34(33)42-26-28-22-30(38(8,9)10)24-32(36(28)44)40(12,15-3)16-4/h17-26,43-44H,13-16H2,1-12H3. The van der Waals surface area contributed by atoms with Crippen LogP contribution in [-0.4, -0.2) is 22.6 Å². The van der Waals surface area contributed by atoms with Crippen LogP contribution in [-0.2, 0) is 21.7 Å². The first-order valence-corrected chi connectivity index (χ1v) is 16.4. The average molecular weight is 597 g/mol. The average Bonchev–Trinajstić information content (AvgIpc) is 2.98. The van der Waals surface area contributed by atoms with E-state index < -0.39 is 0 Å². The molecule has 0 unspecified atom stereocenters. The molecule has 0 aliphatic rings. The Balaban J connectivity index is 2.14. The summed E-state index contributed by atoms with van der Waals surface area (Å²) in [6.07, 6.45) is 7.24.